The molecule has 2 heterocycles. The number of rotatable bonds is 8. The molecule has 4 rings (SSSR count). The van der Waals surface area contributed by atoms with Gasteiger partial charge >= 0.3 is 11.8 Å². The Morgan fingerprint density at radius 1 is 1.22 bits per heavy atom. The molecule has 0 radical (unpaired) electrons. The number of hydrogen-bond donors (Lipinski definition) is 1. The largest absolute Gasteiger partial charge is 0.507 e. The van der Waals surface area contributed by atoms with Gasteiger partial charge in [-0.15, -0.1) is 0 Å². The Labute approximate surface area is 184 Å². The highest BCUT2D eigenvalue weighted by molar-refractivity contribution is 5.38. The Morgan fingerprint density at radius 3 is 2.47 bits per heavy atom. The molecular weight excluding hydrogens is 421 g/mol. The van der Waals surface area contributed by atoms with Crippen molar-refractivity contribution in [3.05, 3.63) is 75.5 Å². The molecule has 0 spiro atoms. The second-order valence-electron chi connectivity index (χ2n) is 8.91. The molecule has 0 saturated heterocycles. The Hall–Kier alpha value is -2.70. The summed E-state index contributed by atoms with van der Waals surface area (Å²) >= 11 is 0. The highest BCUT2D eigenvalue weighted by Crippen LogP contribution is 2.44. The normalized spacial score (nSPS) is 21.5. The van der Waals surface area contributed by atoms with Crippen molar-refractivity contribution in [3.8, 4) is 5.75 Å². The summed E-state index contributed by atoms with van der Waals surface area (Å²) in [7, 11) is 0. The average molecular weight is 448 g/mol. The van der Waals surface area contributed by atoms with Crippen LogP contribution in [0.5, 0.6) is 5.75 Å². The van der Waals surface area contributed by atoms with Crippen LogP contribution in [-0.2, 0) is 22.9 Å². The summed E-state index contributed by atoms with van der Waals surface area (Å²) in [6.45, 7) is 1.98. The molecule has 2 unspecified atom stereocenters. The lowest BCUT2D eigenvalue weighted by molar-refractivity contribution is -0.137. The van der Waals surface area contributed by atoms with Crippen molar-refractivity contribution in [2.24, 2.45) is 5.92 Å². The van der Waals surface area contributed by atoms with Crippen molar-refractivity contribution < 1.29 is 27.4 Å². The van der Waals surface area contributed by atoms with E-state index < -0.39 is 23.0 Å². The van der Waals surface area contributed by atoms with Crippen molar-refractivity contribution in [1.82, 2.24) is 0 Å². The van der Waals surface area contributed by atoms with E-state index in [0.29, 0.717) is 30.9 Å². The summed E-state index contributed by atoms with van der Waals surface area (Å²) in [5.74, 6) is 0.495. The highest BCUT2D eigenvalue weighted by atomic mass is 19.4. The molecule has 1 aromatic heterocycles. The second kappa shape index (κ2) is 8.68. The molecule has 7 heteroatoms. The van der Waals surface area contributed by atoms with E-state index in [2.05, 4.69) is 0 Å². The van der Waals surface area contributed by atoms with Gasteiger partial charge in [0.25, 0.3) is 0 Å². The molecule has 32 heavy (non-hydrogen) atoms. The van der Waals surface area contributed by atoms with Crippen LogP contribution in [0.3, 0.4) is 0 Å². The van der Waals surface area contributed by atoms with Gasteiger partial charge in [-0.25, -0.2) is 4.79 Å². The zero-order valence-electron chi connectivity index (χ0n) is 18.0. The summed E-state index contributed by atoms with van der Waals surface area (Å²) in [4.78, 5) is 13.0. The van der Waals surface area contributed by atoms with Gasteiger partial charge in [-0.2, -0.15) is 13.2 Å². The van der Waals surface area contributed by atoms with Gasteiger partial charge in [-0.05, 0) is 49.0 Å². The lowest BCUT2D eigenvalue weighted by Gasteiger charge is -2.28. The lowest BCUT2D eigenvalue weighted by atomic mass is 9.86. The molecule has 0 bridgehead atoms. The molecule has 2 atom stereocenters. The van der Waals surface area contributed by atoms with Crippen LogP contribution in [-0.4, -0.2) is 5.11 Å². The van der Waals surface area contributed by atoms with E-state index in [1.165, 1.54) is 18.2 Å². The minimum atomic E-state index is -4.38. The van der Waals surface area contributed by atoms with Gasteiger partial charge in [0.05, 0.1) is 11.8 Å². The summed E-state index contributed by atoms with van der Waals surface area (Å²) in [5.41, 5.74) is -1.38. The van der Waals surface area contributed by atoms with Gasteiger partial charge in [-0.3, -0.25) is 0 Å². The van der Waals surface area contributed by atoms with Gasteiger partial charge in [-0.1, -0.05) is 38.3 Å². The fraction of sp³-hybridized carbons (Fsp3) is 0.480. The predicted octanol–water partition coefficient (Wildman–Crippen LogP) is 6.42. The van der Waals surface area contributed by atoms with Crippen LogP contribution in [0, 0.1) is 5.92 Å². The lowest BCUT2D eigenvalue weighted by Crippen LogP contribution is -2.31. The van der Waals surface area contributed by atoms with Crippen LogP contribution < -0.4 is 5.63 Å². The van der Waals surface area contributed by atoms with Crippen LogP contribution in [0.15, 0.2) is 51.9 Å². The Morgan fingerprint density at radius 2 is 1.94 bits per heavy atom. The van der Waals surface area contributed by atoms with Crippen LogP contribution in [0.4, 0.5) is 13.2 Å². The van der Waals surface area contributed by atoms with E-state index >= 15 is 0 Å². The third kappa shape index (κ3) is 4.71. The number of alkyl halides is 3. The van der Waals surface area contributed by atoms with E-state index in [4.69, 9.17) is 9.15 Å². The molecule has 172 valence electrons. The number of aromatic hydroxyl groups is 1. The highest BCUT2D eigenvalue weighted by Gasteiger charge is 2.41. The van der Waals surface area contributed by atoms with Gasteiger partial charge < -0.3 is 14.3 Å². The maximum Gasteiger partial charge on any atom is 0.416 e. The molecule has 0 amide bonds. The maximum absolute atomic E-state index is 13.0. The molecule has 1 aliphatic carbocycles. The maximum atomic E-state index is 13.0. The van der Waals surface area contributed by atoms with E-state index in [1.807, 2.05) is 13.0 Å². The van der Waals surface area contributed by atoms with Gasteiger partial charge in [0.1, 0.15) is 22.7 Å². The van der Waals surface area contributed by atoms with Crippen molar-refractivity contribution in [2.45, 2.75) is 69.6 Å². The topological polar surface area (TPSA) is 59.7 Å². The van der Waals surface area contributed by atoms with Gasteiger partial charge in [0.2, 0.25) is 0 Å². The van der Waals surface area contributed by atoms with Crippen molar-refractivity contribution in [2.75, 3.05) is 0 Å². The Kier molecular flexibility index (Phi) is 6.10. The van der Waals surface area contributed by atoms with Crippen molar-refractivity contribution in [1.29, 1.82) is 0 Å². The minimum Gasteiger partial charge on any atom is -0.507 e. The Bertz CT molecular complexity index is 1020. The first-order valence-corrected chi connectivity index (χ1v) is 11.1. The SMILES string of the molecule is CCCC1(c2c(O)cc(C(Cc3ccc(C(F)(F)F)cc3)CC3CC3)oc2=O)CC=CO1. The molecule has 1 saturated carbocycles. The van der Waals surface area contributed by atoms with Crippen molar-refractivity contribution >= 4 is 0 Å². The van der Waals surface area contributed by atoms with E-state index in [1.54, 1.807) is 6.26 Å². The number of halogens is 3. The molecule has 2 aliphatic rings. The molecule has 1 aromatic carbocycles. The number of benzene rings is 1. The van der Waals surface area contributed by atoms with Crippen LogP contribution in [0.2, 0.25) is 0 Å². The standard InChI is InChI=1S/C25H27F3O4/c1-2-10-24(11-3-12-31-24)22-20(29)15-21(32-23(22)30)18(13-16-4-5-16)14-17-6-8-19(9-7-17)25(26,27)28/h3,6-9,12,15-16,18,29H,2,4-5,10-11,13-14H2,1H3. The molecule has 1 fully saturated rings. The van der Waals surface area contributed by atoms with Crippen molar-refractivity contribution in [3.63, 3.8) is 0 Å². The molecule has 2 aromatic rings. The van der Waals surface area contributed by atoms with E-state index in [0.717, 1.165) is 43.4 Å². The monoisotopic (exact) mass is 448 g/mol. The summed E-state index contributed by atoms with van der Waals surface area (Å²) in [6.07, 6.45) is 4.13. The third-order valence-electron chi connectivity index (χ3n) is 6.38. The van der Waals surface area contributed by atoms with Gasteiger partial charge in [0, 0.05) is 18.4 Å². The quantitative estimate of drug-likeness (QED) is 0.506. The summed E-state index contributed by atoms with van der Waals surface area (Å²) < 4.78 is 50.1. The average Bonchev–Trinajstić information content (AvgIpc) is 3.43. The fourth-order valence-electron chi connectivity index (χ4n) is 4.61. The molecule has 1 aliphatic heterocycles. The fourth-order valence-corrected chi connectivity index (χ4v) is 4.61. The molecule has 4 nitrogen and oxygen atoms in total. The smallest absolute Gasteiger partial charge is 0.416 e. The second-order valence-corrected chi connectivity index (χ2v) is 8.91. The predicted molar refractivity (Wildman–Crippen MR) is 113 cm³/mol. The Balaban J connectivity index is 1.63. The number of hydrogen-bond acceptors (Lipinski definition) is 4. The van der Waals surface area contributed by atoms with Crippen LogP contribution >= 0.6 is 0 Å². The zero-order valence-corrected chi connectivity index (χ0v) is 18.0. The number of ether oxygens (including phenoxy) is 1. The van der Waals surface area contributed by atoms with Crippen LogP contribution in [0.25, 0.3) is 0 Å². The minimum absolute atomic E-state index is 0.132. The first-order chi connectivity index (χ1) is 15.2. The van der Waals surface area contributed by atoms with E-state index in [9.17, 15) is 23.1 Å². The summed E-state index contributed by atoms with van der Waals surface area (Å²) in [5, 5.41) is 10.8. The molecule has 1 N–H and O–H groups in total. The van der Waals surface area contributed by atoms with Crippen LogP contribution in [0.1, 0.15) is 73.8 Å². The van der Waals surface area contributed by atoms with E-state index in [-0.39, 0.29) is 17.2 Å². The van der Waals surface area contributed by atoms with Gasteiger partial charge in [0.15, 0.2) is 0 Å². The first-order valence-electron chi connectivity index (χ1n) is 11.1. The third-order valence-corrected chi connectivity index (χ3v) is 6.38. The zero-order chi connectivity index (χ0) is 22.9. The summed E-state index contributed by atoms with van der Waals surface area (Å²) in [6, 6.07) is 6.55. The first kappa shape index (κ1) is 22.5. The molecular formula is C25H27F3O4.